The first-order chi connectivity index (χ1) is 21.9. The summed E-state index contributed by atoms with van der Waals surface area (Å²) >= 11 is 13.2. The molecular weight excluding hydrogens is 641 g/mol. The third-order valence-corrected chi connectivity index (χ3v) is 10.2. The van der Waals surface area contributed by atoms with Crippen LogP contribution in [0.1, 0.15) is 41.2 Å². The first-order valence-corrected chi connectivity index (χ1v) is 17.3. The third-order valence-electron chi connectivity index (χ3n) is 7.72. The molecule has 4 aromatic carbocycles. The standard InChI is InChI=1S/C36H39Cl2N3O4S/c1-5-20-39-36(43)34(22-28-10-7-6-8-11-28)40(23-30-31(37)12-9-13-32(30)38)35(42)24-41(33-19-16-26(3)21-27(33)4)46(44,45)29-17-14-25(2)15-18-29/h6-19,21,34H,5,20,22-24H2,1-4H3,(H,39,43)/t34-/m0/s1. The molecule has 0 fully saturated rings. The van der Waals surface area contributed by atoms with E-state index < -0.39 is 28.5 Å². The van der Waals surface area contributed by atoms with Gasteiger partial charge in [-0.1, -0.05) is 102 Å². The molecule has 0 saturated heterocycles. The van der Waals surface area contributed by atoms with Gasteiger partial charge in [-0.15, -0.1) is 0 Å². The highest BCUT2D eigenvalue weighted by Crippen LogP contribution is 2.30. The van der Waals surface area contributed by atoms with Crippen LogP contribution < -0.4 is 9.62 Å². The summed E-state index contributed by atoms with van der Waals surface area (Å²) < 4.78 is 29.7. The Hall–Kier alpha value is -3.85. The minimum Gasteiger partial charge on any atom is -0.354 e. The van der Waals surface area contributed by atoms with Crippen molar-refractivity contribution >= 4 is 50.7 Å². The quantitative estimate of drug-likeness (QED) is 0.161. The maximum Gasteiger partial charge on any atom is 0.264 e. The molecule has 0 aromatic heterocycles. The Bertz CT molecular complexity index is 1760. The van der Waals surface area contributed by atoms with E-state index in [0.29, 0.717) is 39.8 Å². The van der Waals surface area contributed by atoms with Crippen molar-refractivity contribution in [1.29, 1.82) is 0 Å². The maximum atomic E-state index is 14.6. The summed E-state index contributed by atoms with van der Waals surface area (Å²) in [6, 6.07) is 25.3. The van der Waals surface area contributed by atoms with Crippen molar-refractivity contribution < 1.29 is 18.0 Å². The molecular formula is C36H39Cl2N3O4S. The zero-order valence-corrected chi connectivity index (χ0v) is 28.8. The lowest BCUT2D eigenvalue weighted by Gasteiger charge is -2.34. The minimum atomic E-state index is -4.21. The van der Waals surface area contributed by atoms with Gasteiger partial charge in [-0.2, -0.15) is 0 Å². The van der Waals surface area contributed by atoms with Crippen molar-refractivity contribution in [3.8, 4) is 0 Å². The summed E-state index contributed by atoms with van der Waals surface area (Å²) in [5, 5.41) is 3.59. The predicted molar refractivity (Wildman–Crippen MR) is 186 cm³/mol. The second-order valence-corrected chi connectivity index (χ2v) is 14.0. The fourth-order valence-corrected chi connectivity index (χ4v) is 7.21. The summed E-state index contributed by atoms with van der Waals surface area (Å²) in [5.41, 5.74) is 4.19. The number of nitrogens with zero attached hydrogens (tertiary/aromatic N) is 2. The first kappa shape index (κ1) is 35.0. The van der Waals surface area contributed by atoms with E-state index in [1.807, 2.05) is 70.2 Å². The van der Waals surface area contributed by atoms with E-state index in [1.54, 1.807) is 36.4 Å². The average Bonchev–Trinajstić information content (AvgIpc) is 3.02. The van der Waals surface area contributed by atoms with Gasteiger partial charge in [-0.25, -0.2) is 8.42 Å². The topological polar surface area (TPSA) is 86.8 Å². The van der Waals surface area contributed by atoms with Crippen molar-refractivity contribution in [3.63, 3.8) is 0 Å². The normalized spacial score (nSPS) is 12.0. The zero-order valence-electron chi connectivity index (χ0n) is 26.5. The van der Waals surface area contributed by atoms with Crippen LogP contribution in [0, 0.1) is 20.8 Å². The van der Waals surface area contributed by atoms with E-state index in [2.05, 4.69) is 5.32 Å². The third kappa shape index (κ3) is 8.49. The second-order valence-electron chi connectivity index (χ2n) is 11.3. The summed E-state index contributed by atoms with van der Waals surface area (Å²) in [5.74, 6) is -0.944. The molecule has 0 saturated carbocycles. The van der Waals surface area contributed by atoms with Crippen molar-refractivity contribution in [2.24, 2.45) is 0 Å². The number of amides is 2. The van der Waals surface area contributed by atoms with Crippen LogP contribution in [0.4, 0.5) is 5.69 Å². The van der Waals surface area contributed by atoms with Crippen LogP contribution in [-0.2, 0) is 32.6 Å². The molecule has 1 N–H and O–H groups in total. The van der Waals surface area contributed by atoms with Gasteiger partial charge in [0, 0.05) is 35.1 Å². The minimum absolute atomic E-state index is 0.0492. The number of sulfonamides is 1. The van der Waals surface area contributed by atoms with Crippen LogP contribution in [-0.4, -0.2) is 44.3 Å². The number of halogens is 2. The first-order valence-electron chi connectivity index (χ1n) is 15.1. The highest BCUT2D eigenvalue weighted by Gasteiger charge is 2.35. The van der Waals surface area contributed by atoms with Gasteiger partial charge >= 0.3 is 0 Å². The van der Waals surface area contributed by atoms with Crippen LogP contribution in [0.25, 0.3) is 0 Å². The predicted octanol–water partition coefficient (Wildman–Crippen LogP) is 7.28. The number of hydrogen-bond donors (Lipinski definition) is 1. The highest BCUT2D eigenvalue weighted by molar-refractivity contribution is 7.92. The van der Waals surface area contributed by atoms with Crippen molar-refractivity contribution in [3.05, 3.63) is 129 Å². The molecule has 2 amide bonds. The molecule has 0 spiro atoms. The van der Waals surface area contributed by atoms with Crippen LogP contribution >= 0.6 is 23.2 Å². The van der Waals surface area contributed by atoms with Gasteiger partial charge < -0.3 is 10.2 Å². The number of rotatable bonds is 13. The largest absolute Gasteiger partial charge is 0.354 e. The molecule has 7 nitrogen and oxygen atoms in total. The summed E-state index contributed by atoms with van der Waals surface area (Å²) in [7, 11) is -4.21. The summed E-state index contributed by atoms with van der Waals surface area (Å²) in [6.07, 6.45) is 0.891. The molecule has 0 aliphatic carbocycles. The number of aryl methyl sites for hydroxylation is 3. The fourth-order valence-electron chi connectivity index (χ4n) is 5.21. The molecule has 0 heterocycles. The monoisotopic (exact) mass is 679 g/mol. The molecule has 242 valence electrons. The van der Waals surface area contributed by atoms with Crippen LogP contribution in [0.3, 0.4) is 0 Å². The molecule has 0 bridgehead atoms. The molecule has 4 aromatic rings. The summed E-state index contributed by atoms with van der Waals surface area (Å²) in [4.78, 5) is 29.9. The molecule has 0 aliphatic rings. The second kappa shape index (κ2) is 15.6. The lowest BCUT2D eigenvalue weighted by atomic mass is 10.0. The van der Waals surface area contributed by atoms with Crippen LogP contribution in [0.5, 0.6) is 0 Å². The number of carbonyl (C=O) groups is 2. The van der Waals surface area contributed by atoms with Crippen molar-refractivity contribution in [2.75, 3.05) is 17.4 Å². The van der Waals surface area contributed by atoms with Gasteiger partial charge in [0.2, 0.25) is 11.8 Å². The lowest BCUT2D eigenvalue weighted by Crippen LogP contribution is -2.53. The van der Waals surface area contributed by atoms with E-state index in [1.165, 1.54) is 17.0 Å². The highest BCUT2D eigenvalue weighted by atomic mass is 35.5. The Morgan fingerprint density at radius 3 is 2.07 bits per heavy atom. The molecule has 1 atom stereocenters. The smallest absolute Gasteiger partial charge is 0.264 e. The van der Waals surface area contributed by atoms with Gasteiger partial charge in [0.15, 0.2) is 0 Å². The molecule has 0 aliphatic heterocycles. The van der Waals surface area contributed by atoms with E-state index >= 15 is 0 Å². The van der Waals surface area contributed by atoms with Gasteiger partial charge in [0.05, 0.1) is 10.6 Å². The van der Waals surface area contributed by atoms with Crippen molar-refractivity contribution in [2.45, 2.75) is 58.0 Å². The number of anilines is 1. The molecule has 0 unspecified atom stereocenters. The maximum absolute atomic E-state index is 14.6. The lowest BCUT2D eigenvalue weighted by molar-refractivity contribution is -0.140. The van der Waals surface area contributed by atoms with Crippen LogP contribution in [0.2, 0.25) is 10.0 Å². The SMILES string of the molecule is CCCNC(=O)[C@H](Cc1ccccc1)N(Cc1c(Cl)cccc1Cl)C(=O)CN(c1ccc(C)cc1C)S(=O)(=O)c1ccc(C)cc1. The number of carbonyl (C=O) groups excluding carboxylic acids is 2. The Morgan fingerprint density at radius 2 is 1.46 bits per heavy atom. The van der Waals surface area contributed by atoms with E-state index in [0.717, 1.165) is 21.0 Å². The Kier molecular flexibility index (Phi) is 11.9. The van der Waals surface area contributed by atoms with Gasteiger partial charge in [-0.3, -0.25) is 13.9 Å². The van der Waals surface area contributed by atoms with E-state index in [-0.39, 0.29) is 23.8 Å². The fraction of sp³-hybridized carbons (Fsp3) is 0.278. The molecule has 10 heteroatoms. The Labute approximate surface area is 282 Å². The van der Waals surface area contributed by atoms with Gasteiger partial charge in [-0.05, 0) is 68.7 Å². The Balaban J connectivity index is 1.85. The number of benzene rings is 4. The summed E-state index contributed by atoms with van der Waals surface area (Å²) in [6.45, 7) is 7.28. The van der Waals surface area contributed by atoms with E-state index in [4.69, 9.17) is 23.2 Å². The Morgan fingerprint density at radius 1 is 0.826 bits per heavy atom. The van der Waals surface area contributed by atoms with Crippen molar-refractivity contribution in [1.82, 2.24) is 10.2 Å². The van der Waals surface area contributed by atoms with Gasteiger partial charge in [0.1, 0.15) is 12.6 Å². The number of nitrogens with one attached hydrogen (secondary N) is 1. The van der Waals surface area contributed by atoms with E-state index in [9.17, 15) is 18.0 Å². The molecule has 0 radical (unpaired) electrons. The average molecular weight is 681 g/mol. The van der Waals surface area contributed by atoms with Crippen LogP contribution in [0.15, 0.2) is 95.9 Å². The van der Waals surface area contributed by atoms with Gasteiger partial charge in [0.25, 0.3) is 10.0 Å². The molecule has 46 heavy (non-hydrogen) atoms. The molecule has 4 rings (SSSR count). The number of hydrogen-bond acceptors (Lipinski definition) is 4. The zero-order chi connectivity index (χ0) is 33.4.